The summed E-state index contributed by atoms with van der Waals surface area (Å²) in [6.07, 6.45) is 1.98. The van der Waals surface area contributed by atoms with Gasteiger partial charge >= 0.3 is 0 Å². The number of nitrogens with one attached hydrogen (secondary N) is 1. The smallest absolute Gasteiger partial charge is 0.223 e. The fourth-order valence-electron chi connectivity index (χ4n) is 1.43. The molecule has 1 amide bonds. The van der Waals surface area contributed by atoms with Crippen molar-refractivity contribution in [2.24, 2.45) is 5.92 Å². The first kappa shape index (κ1) is 14.5. The summed E-state index contributed by atoms with van der Waals surface area (Å²) in [5.41, 5.74) is -0.144. The number of carbonyl (C=O) groups excluding carboxylic acids is 1. The van der Waals surface area contributed by atoms with E-state index in [0.717, 1.165) is 11.3 Å². The van der Waals surface area contributed by atoms with Gasteiger partial charge in [-0.15, -0.1) is 0 Å². The molecular weight excluding hydrogens is 254 g/mol. The highest BCUT2D eigenvalue weighted by atomic mass is 32.2. The van der Waals surface area contributed by atoms with E-state index in [0.29, 0.717) is 0 Å². The lowest BCUT2D eigenvalue weighted by Gasteiger charge is -2.23. The second-order valence-electron chi connectivity index (χ2n) is 4.36. The van der Waals surface area contributed by atoms with Crippen LogP contribution in [0.2, 0.25) is 0 Å². The van der Waals surface area contributed by atoms with Gasteiger partial charge < -0.3 is 10.4 Å². The lowest BCUT2D eigenvalue weighted by atomic mass is 9.99. The van der Waals surface area contributed by atoms with Gasteiger partial charge in [0.1, 0.15) is 5.60 Å². The number of thioether (sulfide) groups is 1. The highest BCUT2D eigenvalue weighted by Gasteiger charge is 2.25. The zero-order valence-electron chi connectivity index (χ0n) is 10.4. The van der Waals surface area contributed by atoms with Crippen molar-refractivity contribution in [2.45, 2.75) is 19.4 Å². The second-order valence-corrected chi connectivity index (χ2v) is 6.05. The van der Waals surface area contributed by atoms with Crippen molar-refractivity contribution in [3.63, 3.8) is 0 Å². The van der Waals surface area contributed by atoms with Crippen LogP contribution in [0.1, 0.15) is 19.4 Å². The predicted molar refractivity (Wildman–Crippen MR) is 74.4 cm³/mol. The average Bonchev–Trinajstić information content (AvgIpc) is 2.80. The number of hydrogen-bond acceptors (Lipinski definition) is 4. The van der Waals surface area contributed by atoms with Crippen LogP contribution >= 0.6 is 23.1 Å². The molecule has 2 N–H and O–H groups in total. The maximum Gasteiger partial charge on any atom is 0.223 e. The monoisotopic (exact) mass is 273 g/mol. The van der Waals surface area contributed by atoms with Crippen LogP contribution in [0.25, 0.3) is 0 Å². The van der Waals surface area contributed by atoms with E-state index in [2.05, 4.69) is 5.32 Å². The minimum absolute atomic E-state index is 0.00476. The molecule has 0 aliphatic rings. The Morgan fingerprint density at radius 1 is 1.71 bits per heavy atom. The largest absolute Gasteiger partial charge is 0.384 e. The molecule has 2 unspecified atom stereocenters. The van der Waals surface area contributed by atoms with Crippen molar-refractivity contribution in [3.05, 3.63) is 22.4 Å². The van der Waals surface area contributed by atoms with Crippen LogP contribution in [0.15, 0.2) is 16.8 Å². The number of aliphatic hydroxyl groups is 1. The quantitative estimate of drug-likeness (QED) is 0.834. The molecule has 1 aromatic rings. The molecule has 0 aliphatic heterocycles. The first-order valence-electron chi connectivity index (χ1n) is 5.49. The average molecular weight is 273 g/mol. The standard InChI is InChI=1S/C12H19NO2S2/c1-9(6-16-3)11(14)13-8-12(2,15)10-4-5-17-7-10/h4-5,7,9,15H,6,8H2,1-3H3,(H,13,14). The Hall–Kier alpha value is -0.520. The molecule has 3 nitrogen and oxygen atoms in total. The van der Waals surface area contributed by atoms with Gasteiger partial charge in [0, 0.05) is 11.7 Å². The van der Waals surface area contributed by atoms with E-state index in [1.54, 1.807) is 18.7 Å². The maximum atomic E-state index is 11.7. The van der Waals surface area contributed by atoms with Crippen LogP contribution in [0, 0.1) is 5.92 Å². The van der Waals surface area contributed by atoms with Crippen molar-refractivity contribution in [2.75, 3.05) is 18.6 Å². The van der Waals surface area contributed by atoms with E-state index in [-0.39, 0.29) is 18.4 Å². The van der Waals surface area contributed by atoms with Crippen LogP contribution in [0.3, 0.4) is 0 Å². The van der Waals surface area contributed by atoms with E-state index in [9.17, 15) is 9.90 Å². The van der Waals surface area contributed by atoms with Crippen LogP contribution in [0.5, 0.6) is 0 Å². The molecule has 1 heterocycles. The van der Waals surface area contributed by atoms with E-state index in [4.69, 9.17) is 0 Å². The summed E-state index contributed by atoms with van der Waals surface area (Å²) in [5, 5.41) is 16.8. The van der Waals surface area contributed by atoms with Crippen LogP contribution in [-0.2, 0) is 10.4 Å². The molecule has 5 heteroatoms. The van der Waals surface area contributed by atoms with Gasteiger partial charge in [-0.3, -0.25) is 4.79 Å². The van der Waals surface area contributed by atoms with Crippen LogP contribution in [0.4, 0.5) is 0 Å². The summed E-state index contributed by atoms with van der Waals surface area (Å²) >= 11 is 3.19. The van der Waals surface area contributed by atoms with Gasteiger partial charge in [-0.05, 0) is 35.6 Å². The Labute approximate surface area is 111 Å². The molecule has 0 aliphatic carbocycles. The third-order valence-corrected chi connectivity index (χ3v) is 4.13. The maximum absolute atomic E-state index is 11.7. The SMILES string of the molecule is CSCC(C)C(=O)NCC(C)(O)c1ccsc1. The summed E-state index contributed by atoms with van der Waals surface area (Å²) in [7, 11) is 0. The van der Waals surface area contributed by atoms with Gasteiger partial charge in [0.2, 0.25) is 5.91 Å². The van der Waals surface area contributed by atoms with Crippen LogP contribution in [-0.4, -0.2) is 29.6 Å². The molecule has 1 aromatic heterocycles. The number of amides is 1. The highest BCUT2D eigenvalue weighted by Crippen LogP contribution is 2.22. The Morgan fingerprint density at radius 2 is 2.41 bits per heavy atom. The van der Waals surface area contributed by atoms with Crippen molar-refractivity contribution in [1.29, 1.82) is 0 Å². The second kappa shape index (κ2) is 6.42. The molecule has 1 rings (SSSR count). The summed E-state index contributed by atoms with van der Waals surface area (Å²) in [6, 6.07) is 1.88. The molecule has 96 valence electrons. The molecule has 0 saturated heterocycles. The number of thiophene rings is 1. The fraction of sp³-hybridized carbons (Fsp3) is 0.583. The molecule has 0 radical (unpaired) electrons. The molecule has 2 atom stereocenters. The number of rotatable bonds is 6. The van der Waals surface area contributed by atoms with Crippen molar-refractivity contribution in [3.8, 4) is 0 Å². The molecule has 0 spiro atoms. The van der Waals surface area contributed by atoms with Gasteiger partial charge in [-0.1, -0.05) is 6.92 Å². The number of carbonyl (C=O) groups is 1. The summed E-state index contributed by atoms with van der Waals surface area (Å²) in [5.74, 6) is 0.769. The van der Waals surface area contributed by atoms with E-state index in [1.165, 1.54) is 11.3 Å². The summed E-state index contributed by atoms with van der Waals surface area (Å²) in [6.45, 7) is 3.86. The lowest BCUT2D eigenvalue weighted by molar-refractivity contribution is -0.125. The third-order valence-electron chi connectivity index (χ3n) is 2.61. The van der Waals surface area contributed by atoms with E-state index in [1.807, 2.05) is 30.0 Å². The van der Waals surface area contributed by atoms with Crippen molar-refractivity contribution >= 4 is 29.0 Å². The van der Waals surface area contributed by atoms with Gasteiger partial charge in [0.05, 0.1) is 6.54 Å². The van der Waals surface area contributed by atoms with Gasteiger partial charge in [0.25, 0.3) is 0 Å². The van der Waals surface area contributed by atoms with E-state index >= 15 is 0 Å². The van der Waals surface area contributed by atoms with E-state index < -0.39 is 5.60 Å². The van der Waals surface area contributed by atoms with Gasteiger partial charge in [0.15, 0.2) is 0 Å². The van der Waals surface area contributed by atoms with Crippen molar-refractivity contribution < 1.29 is 9.90 Å². The number of hydrogen-bond donors (Lipinski definition) is 2. The predicted octanol–water partition coefficient (Wildman–Crippen LogP) is 2.07. The van der Waals surface area contributed by atoms with Crippen LogP contribution < -0.4 is 5.32 Å². The highest BCUT2D eigenvalue weighted by molar-refractivity contribution is 7.98. The molecule has 0 bridgehead atoms. The first-order valence-corrected chi connectivity index (χ1v) is 7.82. The molecule has 0 aromatic carbocycles. The van der Waals surface area contributed by atoms with Crippen molar-refractivity contribution in [1.82, 2.24) is 5.32 Å². The zero-order chi connectivity index (χ0) is 12.9. The fourth-order valence-corrected chi connectivity index (χ4v) is 2.87. The Morgan fingerprint density at radius 3 is 2.94 bits per heavy atom. The van der Waals surface area contributed by atoms with Gasteiger partial charge in [-0.25, -0.2) is 0 Å². The summed E-state index contributed by atoms with van der Waals surface area (Å²) in [4.78, 5) is 11.7. The Balaban J connectivity index is 2.47. The lowest BCUT2D eigenvalue weighted by Crippen LogP contribution is -2.40. The molecular formula is C12H19NO2S2. The minimum Gasteiger partial charge on any atom is -0.384 e. The normalized spacial score (nSPS) is 16.2. The Kier molecular flexibility index (Phi) is 5.49. The zero-order valence-corrected chi connectivity index (χ0v) is 12.0. The minimum atomic E-state index is -0.991. The summed E-state index contributed by atoms with van der Waals surface area (Å²) < 4.78 is 0. The first-order chi connectivity index (χ1) is 7.97. The molecule has 17 heavy (non-hydrogen) atoms. The third kappa shape index (κ3) is 4.33. The molecule has 0 fully saturated rings. The van der Waals surface area contributed by atoms with Gasteiger partial charge in [-0.2, -0.15) is 23.1 Å². The topological polar surface area (TPSA) is 49.3 Å². The molecule has 0 saturated carbocycles. The Bertz CT molecular complexity index is 349.